The Morgan fingerprint density at radius 3 is 2.49 bits per heavy atom. The molecule has 358 valence electrons. The number of nitrogens with zero attached hydrogens (tertiary/aromatic N) is 2. The van der Waals surface area contributed by atoms with E-state index in [9.17, 15) is 34.2 Å². The molecule has 1 spiro atoms. The van der Waals surface area contributed by atoms with Crippen molar-refractivity contribution in [3.63, 3.8) is 0 Å². The number of benzene rings is 2. The van der Waals surface area contributed by atoms with Crippen LogP contribution in [0.3, 0.4) is 0 Å². The van der Waals surface area contributed by atoms with Gasteiger partial charge in [0.05, 0.1) is 34.9 Å². The maximum atomic E-state index is 14.7. The lowest BCUT2D eigenvalue weighted by atomic mass is 9.82. The van der Waals surface area contributed by atoms with Crippen LogP contribution >= 0.6 is 0 Å². The van der Waals surface area contributed by atoms with Crippen LogP contribution in [0.25, 0.3) is 0 Å². The fourth-order valence-corrected chi connectivity index (χ4v) is 9.14. The first-order chi connectivity index (χ1) is 32.0. The molecule has 67 heavy (non-hydrogen) atoms. The molecule has 2 aromatic rings. The molecule has 0 radical (unpaired) electrons. The second kappa shape index (κ2) is 20.7. The van der Waals surface area contributed by atoms with Crippen molar-refractivity contribution in [1.29, 1.82) is 0 Å². The fraction of sp³-hybridized carbons (Fsp3) is 0.490. The summed E-state index contributed by atoms with van der Waals surface area (Å²) >= 11 is 0. The SMILES string of the molecule is C/C1=C/C=C/C(C)CCC(O)C[C@H](OC(=O)CC(=O)NCCNc2ccccc2)CC/C=C/OC2(C)Oc3c(C)c(O)c4c(c3C2=O)C2=NC3(CCN(CC(C)C)CC3)NC2=C(NC1=O)C4=O. The number of ether oxygens (including phenoxy) is 3. The molecule has 5 heterocycles. The third-order valence-electron chi connectivity index (χ3n) is 12.8. The molecule has 1 aliphatic carbocycles. The number of allylic oxidation sites excluding steroid dienone is 6. The number of aliphatic hydroxyl groups excluding tert-OH is 1. The third-order valence-corrected chi connectivity index (χ3v) is 12.8. The predicted octanol–water partition coefficient (Wildman–Crippen LogP) is 5.88. The van der Waals surface area contributed by atoms with Crippen molar-refractivity contribution in [2.45, 2.75) is 117 Å². The van der Waals surface area contributed by atoms with E-state index in [1.54, 1.807) is 32.1 Å². The van der Waals surface area contributed by atoms with Gasteiger partial charge in [-0.25, -0.2) is 0 Å². The summed E-state index contributed by atoms with van der Waals surface area (Å²) in [5, 5.41) is 35.2. The molecular weight excluding hydrogens is 857 g/mol. The van der Waals surface area contributed by atoms with E-state index < -0.39 is 65.2 Å². The van der Waals surface area contributed by atoms with Crippen LogP contribution in [0.1, 0.15) is 118 Å². The van der Waals surface area contributed by atoms with Gasteiger partial charge < -0.3 is 50.6 Å². The molecule has 1 saturated heterocycles. The van der Waals surface area contributed by atoms with Gasteiger partial charge in [0.15, 0.2) is 0 Å². The van der Waals surface area contributed by atoms with Crippen LogP contribution in [0.2, 0.25) is 0 Å². The highest BCUT2D eigenvalue weighted by Crippen LogP contribution is 2.50. The number of fused-ring (bicyclic) bond motifs is 13. The quantitative estimate of drug-likeness (QED) is 0.0986. The summed E-state index contributed by atoms with van der Waals surface area (Å²) in [5.74, 6) is -4.83. The summed E-state index contributed by atoms with van der Waals surface area (Å²) in [5.41, 5.74) is 0.979. The molecule has 1 fully saturated rings. The van der Waals surface area contributed by atoms with E-state index in [1.807, 2.05) is 43.3 Å². The highest BCUT2D eigenvalue weighted by Gasteiger charge is 2.54. The molecule has 2 aromatic carbocycles. The number of anilines is 1. The van der Waals surface area contributed by atoms with Crippen molar-refractivity contribution < 1.29 is 48.4 Å². The Morgan fingerprint density at radius 1 is 1.01 bits per heavy atom. The second-order valence-corrected chi connectivity index (χ2v) is 18.8. The van der Waals surface area contributed by atoms with Crippen LogP contribution in [0.15, 0.2) is 82.9 Å². The highest BCUT2D eigenvalue weighted by atomic mass is 16.7. The normalized spacial score (nSPS) is 26.0. The van der Waals surface area contributed by atoms with Gasteiger partial charge in [0.2, 0.25) is 11.7 Å². The first-order valence-electron chi connectivity index (χ1n) is 23.4. The first kappa shape index (κ1) is 48.7. The summed E-state index contributed by atoms with van der Waals surface area (Å²) in [6, 6.07) is 9.53. The molecule has 5 aliphatic heterocycles. The molecule has 4 atom stereocenters. The topological polar surface area (TPSA) is 217 Å². The molecule has 3 unspecified atom stereocenters. The van der Waals surface area contributed by atoms with Gasteiger partial charge in [-0.05, 0) is 69.6 Å². The average Bonchev–Trinajstić information content (AvgIpc) is 3.78. The monoisotopic (exact) mass is 920 g/mol. The summed E-state index contributed by atoms with van der Waals surface area (Å²) in [6.07, 6.45) is 9.03. The molecule has 0 saturated carbocycles. The molecule has 6 aliphatic rings. The Labute approximate surface area is 392 Å². The number of aliphatic imine (C=N–C) groups is 1. The van der Waals surface area contributed by atoms with E-state index in [0.29, 0.717) is 56.7 Å². The lowest BCUT2D eigenvalue weighted by Gasteiger charge is -2.38. The third kappa shape index (κ3) is 11.1. The van der Waals surface area contributed by atoms with Crippen molar-refractivity contribution >= 4 is 40.7 Å². The van der Waals surface area contributed by atoms with Gasteiger partial charge >= 0.3 is 11.8 Å². The van der Waals surface area contributed by atoms with Crippen LogP contribution in [-0.2, 0) is 23.9 Å². The predicted molar refractivity (Wildman–Crippen MR) is 252 cm³/mol. The molecule has 6 N–H and O–H groups in total. The number of likely N-dealkylation sites (tertiary alicyclic amines) is 1. The van der Waals surface area contributed by atoms with E-state index in [0.717, 1.165) is 25.3 Å². The van der Waals surface area contributed by atoms with Crippen LogP contribution < -0.4 is 26.0 Å². The van der Waals surface area contributed by atoms with E-state index in [-0.39, 0.29) is 63.9 Å². The maximum Gasteiger partial charge on any atom is 0.315 e. The first-order valence-corrected chi connectivity index (χ1v) is 23.4. The summed E-state index contributed by atoms with van der Waals surface area (Å²) in [4.78, 5) is 76.5. The van der Waals surface area contributed by atoms with E-state index >= 15 is 0 Å². The Balaban J connectivity index is 1.14. The number of nitrogens with one attached hydrogen (secondary N) is 4. The number of esters is 1. The molecular formula is C51H64N6O10. The largest absolute Gasteiger partial charge is 0.507 e. The zero-order valence-corrected chi connectivity index (χ0v) is 39.3. The van der Waals surface area contributed by atoms with Gasteiger partial charge in [0, 0.05) is 81.3 Å². The van der Waals surface area contributed by atoms with Crippen LogP contribution in [0.5, 0.6) is 11.5 Å². The van der Waals surface area contributed by atoms with Crippen LogP contribution in [0.4, 0.5) is 5.69 Å². The molecule has 0 aromatic heterocycles. The van der Waals surface area contributed by atoms with Crippen molar-refractivity contribution in [2.24, 2.45) is 16.8 Å². The van der Waals surface area contributed by atoms with Crippen LogP contribution in [0, 0.1) is 18.8 Å². The number of phenolic OH excluding ortho intramolecular Hbond substituents is 1. The standard InChI is InChI=1S/C51H64N6O10/c1-30(2)29-57-24-20-51(21-25-57)55-42-39-40-45(61)33(5)47-41(39)48(63)50(6,67-47)65-26-11-10-17-36(66-38(60)28-37(59)53-23-22-52-34-15-8-7-9-16-34)27-35(58)19-18-31(3)13-12-14-32(4)49(64)54-44(46(40)62)43(42)56-51/h7-9,11-16,26,30-31,35-36,52,56,58,61H,10,17-25,27-29H2,1-6H3,(H,53,59)(H,54,64)/b13-12+,26-11+,32-14-/t31?,35?,36-,50?/m1/s1. The zero-order valence-electron chi connectivity index (χ0n) is 39.3. The number of carbonyl (C=O) groups is 5. The van der Waals surface area contributed by atoms with Gasteiger partial charge in [-0.1, -0.05) is 57.2 Å². The van der Waals surface area contributed by atoms with Gasteiger partial charge in [-0.3, -0.25) is 29.0 Å². The maximum absolute atomic E-state index is 14.7. The zero-order chi connectivity index (χ0) is 48.0. The number of Topliss-reactive ketones (excluding diaryl/α,β-unsaturated/α-hetero) is 2. The molecule has 16 nitrogen and oxygen atoms in total. The molecule has 5 bridgehead atoms. The number of phenols is 1. The van der Waals surface area contributed by atoms with Crippen molar-refractivity contribution in [3.8, 4) is 11.5 Å². The summed E-state index contributed by atoms with van der Waals surface area (Å²) in [6.45, 7) is 14.1. The van der Waals surface area contributed by atoms with E-state index in [2.05, 4.69) is 40.0 Å². The van der Waals surface area contributed by atoms with Gasteiger partial charge in [-0.2, -0.15) is 0 Å². The van der Waals surface area contributed by atoms with E-state index in [1.165, 1.54) is 13.2 Å². The molecule has 2 amide bonds. The Hall–Kier alpha value is -6.26. The van der Waals surface area contributed by atoms with Crippen LogP contribution in [-0.4, -0.2) is 107 Å². The number of carbonyl (C=O) groups excluding carboxylic acids is 5. The van der Waals surface area contributed by atoms with Gasteiger partial charge in [0.25, 0.3) is 11.7 Å². The van der Waals surface area contributed by atoms with E-state index in [4.69, 9.17) is 19.2 Å². The molecule has 8 rings (SSSR count). The minimum atomic E-state index is -1.91. The number of aromatic hydroxyl groups is 1. The summed E-state index contributed by atoms with van der Waals surface area (Å²) < 4.78 is 18.1. The minimum absolute atomic E-state index is 0.00144. The molecule has 16 heteroatoms. The Morgan fingerprint density at radius 2 is 1.76 bits per heavy atom. The van der Waals surface area contributed by atoms with Gasteiger partial charge in [0.1, 0.15) is 35.4 Å². The number of aliphatic hydroxyl groups is 1. The number of hydrogen-bond donors (Lipinski definition) is 6. The number of ketones is 2. The number of piperidine rings is 1. The number of hydrogen-bond acceptors (Lipinski definition) is 14. The summed E-state index contributed by atoms with van der Waals surface area (Å²) in [7, 11) is 0. The Kier molecular flexibility index (Phi) is 15.1. The lowest BCUT2D eigenvalue weighted by Crippen LogP contribution is -2.50. The van der Waals surface area contributed by atoms with Crippen molar-refractivity contribution in [3.05, 3.63) is 100 Å². The second-order valence-electron chi connectivity index (χ2n) is 18.8. The number of amides is 2. The Bertz CT molecular complexity index is 2410. The highest BCUT2D eigenvalue weighted by molar-refractivity contribution is 6.34. The number of rotatable bonds is 9. The van der Waals surface area contributed by atoms with Crippen molar-refractivity contribution in [1.82, 2.24) is 20.9 Å². The minimum Gasteiger partial charge on any atom is -0.507 e. The number of para-hydroxylation sites is 1. The fourth-order valence-electron chi connectivity index (χ4n) is 9.14. The van der Waals surface area contributed by atoms with Gasteiger partial charge in [-0.15, -0.1) is 0 Å². The van der Waals surface area contributed by atoms with Crippen molar-refractivity contribution in [2.75, 3.05) is 38.0 Å². The average molecular weight is 921 g/mol. The lowest BCUT2D eigenvalue weighted by molar-refractivity contribution is -0.152. The smallest absolute Gasteiger partial charge is 0.315 e.